The van der Waals surface area contributed by atoms with Gasteiger partial charge in [-0.25, -0.2) is 9.59 Å². The van der Waals surface area contributed by atoms with Gasteiger partial charge in [0.15, 0.2) is 11.6 Å². The largest absolute Gasteiger partial charge is 0.422 e. The average molecular weight is 643 g/mol. The number of anilines is 2. The normalized spacial score (nSPS) is 10.8. The molecule has 0 aliphatic heterocycles. The Morgan fingerprint density at radius 3 is 1.19 bits per heavy atom. The van der Waals surface area contributed by atoms with Gasteiger partial charge in [-0.05, 0) is 64.1 Å². The molecule has 0 N–H and O–H groups in total. The fourth-order valence-corrected chi connectivity index (χ4v) is 5.58. The van der Waals surface area contributed by atoms with Gasteiger partial charge in [-0.1, -0.05) is 60.7 Å². The second-order valence-electron chi connectivity index (χ2n) is 11.1. The van der Waals surface area contributed by atoms with Crippen molar-refractivity contribution in [3.8, 4) is 0 Å². The molecule has 2 aromatic heterocycles. The van der Waals surface area contributed by atoms with Gasteiger partial charge < -0.3 is 18.6 Å². The first-order valence-corrected chi connectivity index (χ1v) is 16.1. The molecule has 0 spiro atoms. The number of ketones is 2. The SMILES string of the molecule is CCN(CC)c1ccc2cc(C(=O)c3ccccc3)c(=O)oc2c1.CCN(CC)c1ccc2cc(C(=O)c3ccccc3)c(=O)oc2c1. The Bertz CT molecular complexity index is 2010. The zero-order chi connectivity index (χ0) is 34.2. The first kappa shape index (κ1) is 33.6. The third-order valence-corrected chi connectivity index (χ3v) is 8.26. The van der Waals surface area contributed by atoms with Gasteiger partial charge in [0.2, 0.25) is 0 Å². The van der Waals surface area contributed by atoms with E-state index in [4.69, 9.17) is 8.83 Å². The van der Waals surface area contributed by atoms with Gasteiger partial charge in [0.1, 0.15) is 22.3 Å². The van der Waals surface area contributed by atoms with Gasteiger partial charge in [-0.2, -0.15) is 0 Å². The fraction of sp³-hybridized carbons (Fsp3) is 0.200. The molecule has 48 heavy (non-hydrogen) atoms. The summed E-state index contributed by atoms with van der Waals surface area (Å²) < 4.78 is 10.8. The van der Waals surface area contributed by atoms with Crippen molar-refractivity contribution in [2.45, 2.75) is 27.7 Å². The summed E-state index contributed by atoms with van der Waals surface area (Å²) in [4.78, 5) is 53.9. The maximum absolute atomic E-state index is 12.5. The van der Waals surface area contributed by atoms with Gasteiger partial charge in [0.05, 0.1) is 0 Å². The molecule has 0 aliphatic carbocycles. The Kier molecular flexibility index (Phi) is 10.7. The third-order valence-electron chi connectivity index (χ3n) is 8.26. The number of benzene rings is 4. The van der Waals surface area contributed by atoms with Crippen LogP contribution in [0.2, 0.25) is 0 Å². The lowest BCUT2D eigenvalue weighted by molar-refractivity contribution is 0.102. The highest BCUT2D eigenvalue weighted by molar-refractivity contribution is 6.10. The molecule has 244 valence electrons. The van der Waals surface area contributed by atoms with Gasteiger partial charge in [-0.3, -0.25) is 9.59 Å². The Balaban J connectivity index is 0.000000188. The molecule has 0 atom stereocenters. The standard InChI is InChI=1S/2C20H19NO3/c2*1-3-21(4-2)16-11-10-15-12-17(20(23)24-18(15)13-16)19(22)14-8-6-5-7-9-14/h2*5-13H,3-4H2,1-2H3. The van der Waals surface area contributed by atoms with E-state index in [9.17, 15) is 19.2 Å². The lowest BCUT2D eigenvalue weighted by atomic mass is 10.0. The highest BCUT2D eigenvalue weighted by Gasteiger charge is 2.17. The molecule has 4 aromatic carbocycles. The second kappa shape index (κ2) is 15.2. The first-order valence-electron chi connectivity index (χ1n) is 16.1. The van der Waals surface area contributed by atoms with Gasteiger partial charge in [0.25, 0.3) is 0 Å². The molecule has 0 fully saturated rings. The lowest BCUT2D eigenvalue weighted by Gasteiger charge is -2.20. The van der Waals surface area contributed by atoms with Gasteiger partial charge in [-0.15, -0.1) is 0 Å². The molecule has 0 amide bonds. The molecular formula is C40H38N2O6. The summed E-state index contributed by atoms with van der Waals surface area (Å²) in [6.45, 7) is 11.8. The molecule has 6 rings (SSSR count). The van der Waals surface area contributed by atoms with Crippen molar-refractivity contribution < 1.29 is 18.4 Å². The van der Waals surface area contributed by atoms with Crippen LogP contribution in [0.15, 0.2) is 128 Å². The summed E-state index contributed by atoms with van der Waals surface area (Å²) in [6.07, 6.45) is 0. The quantitative estimate of drug-likeness (QED) is 0.111. The third kappa shape index (κ3) is 7.28. The molecular weight excluding hydrogens is 604 g/mol. The van der Waals surface area contributed by atoms with Crippen LogP contribution in [-0.2, 0) is 0 Å². The van der Waals surface area contributed by atoms with Gasteiger partial charge >= 0.3 is 11.3 Å². The molecule has 0 aliphatic rings. The topological polar surface area (TPSA) is 101 Å². The maximum atomic E-state index is 12.5. The Labute approximate surface area is 278 Å². The maximum Gasteiger partial charge on any atom is 0.347 e. The molecule has 0 bridgehead atoms. The zero-order valence-corrected chi connectivity index (χ0v) is 27.6. The molecule has 8 nitrogen and oxygen atoms in total. The highest BCUT2D eigenvalue weighted by Crippen LogP contribution is 2.24. The monoisotopic (exact) mass is 642 g/mol. The van der Waals surface area contributed by atoms with Crippen molar-refractivity contribution in [1.82, 2.24) is 0 Å². The van der Waals surface area contributed by atoms with E-state index >= 15 is 0 Å². The zero-order valence-electron chi connectivity index (χ0n) is 27.6. The summed E-state index contributed by atoms with van der Waals surface area (Å²) in [6, 6.07) is 32.1. The number of fused-ring (bicyclic) bond motifs is 2. The van der Waals surface area contributed by atoms with Crippen LogP contribution in [0.3, 0.4) is 0 Å². The van der Waals surface area contributed by atoms with E-state index in [1.165, 1.54) is 0 Å². The van der Waals surface area contributed by atoms with Crippen molar-refractivity contribution in [2.75, 3.05) is 36.0 Å². The predicted octanol–water partition coefficient (Wildman–Crippen LogP) is 7.74. The number of hydrogen-bond donors (Lipinski definition) is 0. The summed E-state index contributed by atoms with van der Waals surface area (Å²) in [5.41, 5.74) is 2.85. The Morgan fingerprint density at radius 1 is 0.500 bits per heavy atom. The van der Waals surface area contributed by atoms with Crippen LogP contribution in [0, 0.1) is 0 Å². The van der Waals surface area contributed by atoms with Crippen LogP contribution in [-0.4, -0.2) is 37.7 Å². The number of nitrogens with zero attached hydrogens (tertiary/aromatic N) is 2. The van der Waals surface area contributed by atoms with Crippen molar-refractivity contribution in [3.63, 3.8) is 0 Å². The second-order valence-corrected chi connectivity index (χ2v) is 11.1. The number of rotatable bonds is 10. The Morgan fingerprint density at radius 2 is 0.854 bits per heavy atom. The van der Waals surface area contributed by atoms with Crippen LogP contribution in [0.5, 0.6) is 0 Å². The molecule has 0 unspecified atom stereocenters. The number of hydrogen-bond acceptors (Lipinski definition) is 8. The molecule has 8 heteroatoms. The lowest BCUT2D eigenvalue weighted by Crippen LogP contribution is -2.21. The van der Waals surface area contributed by atoms with E-state index in [0.717, 1.165) is 48.3 Å². The molecule has 0 saturated heterocycles. The number of carbonyl (C=O) groups is 2. The molecule has 0 radical (unpaired) electrons. The minimum Gasteiger partial charge on any atom is -0.422 e. The Hall–Kier alpha value is -5.76. The van der Waals surface area contributed by atoms with E-state index in [2.05, 4.69) is 37.5 Å². The van der Waals surface area contributed by atoms with E-state index in [-0.39, 0.29) is 22.7 Å². The van der Waals surface area contributed by atoms with Crippen LogP contribution in [0.4, 0.5) is 11.4 Å². The van der Waals surface area contributed by atoms with E-state index in [0.29, 0.717) is 22.3 Å². The first-order chi connectivity index (χ1) is 23.3. The minimum atomic E-state index is -0.604. The van der Waals surface area contributed by atoms with Crippen LogP contribution >= 0.6 is 0 Å². The summed E-state index contributed by atoms with van der Waals surface area (Å²) in [5.74, 6) is -0.641. The number of carbonyl (C=O) groups excluding carboxylic acids is 2. The summed E-state index contributed by atoms with van der Waals surface area (Å²) in [7, 11) is 0. The van der Waals surface area contributed by atoms with Gasteiger partial charge in [0, 0.05) is 71.6 Å². The van der Waals surface area contributed by atoms with Crippen molar-refractivity contribution in [1.29, 1.82) is 0 Å². The minimum absolute atomic E-state index is 0.0595. The molecule has 6 aromatic rings. The summed E-state index contributed by atoms with van der Waals surface area (Å²) in [5, 5.41) is 1.48. The van der Waals surface area contributed by atoms with Crippen molar-refractivity contribution in [3.05, 3.63) is 152 Å². The van der Waals surface area contributed by atoms with Crippen molar-refractivity contribution in [2.24, 2.45) is 0 Å². The van der Waals surface area contributed by atoms with E-state index in [1.807, 2.05) is 48.5 Å². The molecule has 2 heterocycles. The average Bonchev–Trinajstić information content (AvgIpc) is 3.12. The molecule has 0 saturated carbocycles. The smallest absolute Gasteiger partial charge is 0.347 e. The van der Waals surface area contributed by atoms with Crippen molar-refractivity contribution >= 4 is 44.9 Å². The fourth-order valence-electron chi connectivity index (χ4n) is 5.58. The van der Waals surface area contributed by atoms with E-state index < -0.39 is 11.3 Å². The van der Waals surface area contributed by atoms with E-state index in [1.54, 1.807) is 60.7 Å². The van der Waals surface area contributed by atoms with Crippen LogP contribution in [0.25, 0.3) is 21.9 Å². The van der Waals surface area contributed by atoms with Crippen LogP contribution in [0.1, 0.15) is 59.5 Å². The summed E-state index contributed by atoms with van der Waals surface area (Å²) >= 11 is 0. The highest BCUT2D eigenvalue weighted by atomic mass is 16.4. The predicted molar refractivity (Wildman–Crippen MR) is 192 cm³/mol. The van der Waals surface area contributed by atoms with Crippen LogP contribution < -0.4 is 21.1 Å².